The summed E-state index contributed by atoms with van der Waals surface area (Å²) in [6, 6.07) is 10.4. The lowest BCUT2D eigenvalue weighted by Gasteiger charge is -2.08. The fourth-order valence-corrected chi connectivity index (χ4v) is 1.77. The third kappa shape index (κ3) is 2.37. The maximum absolute atomic E-state index is 11.0. The molecule has 2 rings (SSSR count). The van der Waals surface area contributed by atoms with Crippen molar-refractivity contribution in [3.63, 3.8) is 0 Å². The Hall–Kier alpha value is -2.89. The van der Waals surface area contributed by atoms with Crippen LogP contribution in [0.15, 0.2) is 42.5 Å². The van der Waals surface area contributed by atoms with E-state index in [1.165, 1.54) is 30.3 Å². The van der Waals surface area contributed by atoms with Gasteiger partial charge in [-0.3, -0.25) is 10.1 Å². The second-order valence-corrected chi connectivity index (χ2v) is 3.88. The van der Waals surface area contributed by atoms with Crippen LogP contribution in [0.25, 0.3) is 11.1 Å². The first kappa shape index (κ1) is 12.6. The van der Waals surface area contributed by atoms with E-state index in [0.29, 0.717) is 11.1 Å². The average Bonchev–Trinajstić information content (AvgIpc) is 2.38. The fourth-order valence-electron chi connectivity index (χ4n) is 1.77. The van der Waals surface area contributed by atoms with E-state index >= 15 is 0 Å². The van der Waals surface area contributed by atoms with Gasteiger partial charge in [-0.25, -0.2) is 4.79 Å². The molecule has 96 valence electrons. The van der Waals surface area contributed by atoms with Crippen LogP contribution in [0.2, 0.25) is 0 Å². The van der Waals surface area contributed by atoms with E-state index in [-0.39, 0.29) is 16.9 Å². The number of aromatic carboxylic acids is 1. The van der Waals surface area contributed by atoms with Gasteiger partial charge in [-0.2, -0.15) is 0 Å². The largest absolute Gasteiger partial charge is 0.478 e. The summed E-state index contributed by atoms with van der Waals surface area (Å²) < 4.78 is 0. The van der Waals surface area contributed by atoms with Crippen molar-refractivity contribution in [3.05, 3.63) is 58.1 Å². The molecule has 0 fully saturated rings. The number of non-ortho nitro benzene ring substituents is 1. The van der Waals surface area contributed by atoms with Gasteiger partial charge in [0.05, 0.1) is 16.2 Å². The standard InChI is InChI=1S/C13H10N2O4/c14-12-10(2-1-3-11(12)13(16)17)8-4-6-9(7-5-8)15(18)19/h1-7H,14H2,(H,16,17). The molecule has 0 heterocycles. The number of benzene rings is 2. The number of nitrogen functional groups attached to an aromatic ring is 1. The molecule has 0 spiro atoms. The first-order valence-electron chi connectivity index (χ1n) is 5.37. The van der Waals surface area contributed by atoms with Gasteiger partial charge in [-0.15, -0.1) is 0 Å². The lowest BCUT2D eigenvalue weighted by Crippen LogP contribution is -2.03. The average molecular weight is 258 g/mol. The molecule has 2 aromatic rings. The number of para-hydroxylation sites is 1. The van der Waals surface area contributed by atoms with Gasteiger partial charge in [0.15, 0.2) is 0 Å². The van der Waals surface area contributed by atoms with Crippen LogP contribution in [-0.4, -0.2) is 16.0 Å². The number of nitrogens with two attached hydrogens (primary N) is 1. The predicted molar refractivity (Wildman–Crippen MR) is 69.9 cm³/mol. The molecule has 0 saturated heterocycles. The van der Waals surface area contributed by atoms with Crippen LogP contribution >= 0.6 is 0 Å². The van der Waals surface area contributed by atoms with E-state index < -0.39 is 10.9 Å². The molecular weight excluding hydrogens is 248 g/mol. The van der Waals surface area contributed by atoms with Gasteiger partial charge < -0.3 is 10.8 Å². The van der Waals surface area contributed by atoms with Crippen LogP contribution in [0.3, 0.4) is 0 Å². The molecule has 0 amide bonds. The topological polar surface area (TPSA) is 106 Å². The number of carboxylic acids is 1. The van der Waals surface area contributed by atoms with Crippen molar-refractivity contribution in [1.82, 2.24) is 0 Å². The van der Waals surface area contributed by atoms with Crippen molar-refractivity contribution in [2.75, 3.05) is 5.73 Å². The van der Waals surface area contributed by atoms with Crippen LogP contribution in [-0.2, 0) is 0 Å². The van der Waals surface area contributed by atoms with Crippen molar-refractivity contribution < 1.29 is 14.8 Å². The summed E-state index contributed by atoms with van der Waals surface area (Å²) in [5.74, 6) is -1.11. The molecule has 0 aromatic heterocycles. The van der Waals surface area contributed by atoms with Gasteiger partial charge in [-0.1, -0.05) is 12.1 Å². The maximum Gasteiger partial charge on any atom is 0.337 e. The minimum absolute atomic E-state index is 0.0100. The highest BCUT2D eigenvalue weighted by molar-refractivity contribution is 5.98. The summed E-state index contributed by atoms with van der Waals surface area (Å²) in [5, 5.41) is 19.5. The van der Waals surface area contributed by atoms with Gasteiger partial charge in [0, 0.05) is 17.7 Å². The molecule has 0 saturated carbocycles. The van der Waals surface area contributed by atoms with E-state index in [4.69, 9.17) is 10.8 Å². The Balaban J connectivity index is 2.50. The normalized spacial score (nSPS) is 10.1. The summed E-state index contributed by atoms with van der Waals surface area (Å²) >= 11 is 0. The summed E-state index contributed by atoms with van der Waals surface area (Å²) in [5.41, 5.74) is 7.09. The first-order valence-corrected chi connectivity index (χ1v) is 5.37. The molecule has 0 radical (unpaired) electrons. The fraction of sp³-hybridized carbons (Fsp3) is 0. The Morgan fingerprint density at radius 1 is 1.16 bits per heavy atom. The summed E-state index contributed by atoms with van der Waals surface area (Å²) in [4.78, 5) is 21.0. The smallest absolute Gasteiger partial charge is 0.337 e. The quantitative estimate of drug-likeness (QED) is 0.499. The van der Waals surface area contributed by atoms with Gasteiger partial charge in [-0.05, 0) is 23.8 Å². The second-order valence-electron chi connectivity index (χ2n) is 3.88. The van der Waals surface area contributed by atoms with Crippen LogP contribution in [0, 0.1) is 10.1 Å². The van der Waals surface area contributed by atoms with E-state index in [2.05, 4.69) is 0 Å². The summed E-state index contributed by atoms with van der Waals surface area (Å²) in [7, 11) is 0. The number of anilines is 1. The van der Waals surface area contributed by atoms with Crippen molar-refractivity contribution in [3.8, 4) is 11.1 Å². The van der Waals surface area contributed by atoms with E-state index in [1.54, 1.807) is 12.1 Å². The van der Waals surface area contributed by atoms with Crippen LogP contribution < -0.4 is 5.73 Å². The Labute approximate surface area is 108 Å². The second kappa shape index (κ2) is 4.77. The lowest BCUT2D eigenvalue weighted by molar-refractivity contribution is -0.384. The highest BCUT2D eigenvalue weighted by Crippen LogP contribution is 2.29. The Morgan fingerprint density at radius 2 is 1.79 bits per heavy atom. The highest BCUT2D eigenvalue weighted by atomic mass is 16.6. The molecule has 0 aliphatic heterocycles. The SMILES string of the molecule is Nc1c(C(=O)O)cccc1-c1ccc([N+](=O)[O-])cc1. The Morgan fingerprint density at radius 3 is 2.32 bits per heavy atom. The number of rotatable bonds is 3. The van der Waals surface area contributed by atoms with E-state index in [9.17, 15) is 14.9 Å². The third-order valence-electron chi connectivity index (χ3n) is 2.73. The molecule has 6 heteroatoms. The van der Waals surface area contributed by atoms with Crippen molar-refractivity contribution in [2.45, 2.75) is 0 Å². The first-order chi connectivity index (χ1) is 9.00. The molecule has 0 aliphatic carbocycles. The van der Waals surface area contributed by atoms with Gasteiger partial charge in [0.1, 0.15) is 0 Å². The molecule has 0 atom stereocenters. The number of carboxylic acid groups (broad SMARTS) is 1. The van der Waals surface area contributed by atoms with Crippen molar-refractivity contribution >= 4 is 17.3 Å². The molecule has 0 bridgehead atoms. The third-order valence-corrected chi connectivity index (χ3v) is 2.73. The van der Waals surface area contributed by atoms with Crippen molar-refractivity contribution in [2.24, 2.45) is 0 Å². The zero-order valence-corrected chi connectivity index (χ0v) is 9.74. The summed E-state index contributed by atoms with van der Waals surface area (Å²) in [6.45, 7) is 0. The molecule has 0 unspecified atom stereocenters. The molecule has 3 N–H and O–H groups in total. The molecule has 19 heavy (non-hydrogen) atoms. The van der Waals surface area contributed by atoms with Gasteiger partial charge >= 0.3 is 5.97 Å². The molecular formula is C13H10N2O4. The van der Waals surface area contributed by atoms with Crippen LogP contribution in [0.1, 0.15) is 10.4 Å². The molecule has 2 aromatic carbocycles. The van der Waals surface area contributed by atoms with Crippen LogP contribution in [0.5, 0.6) is 0 Å². The zero-order chi connectivity index (χ0) is 14.0. The summed E-state index contributed by atoms with van der Waals surface area (Å²) in [6.07, 6.45) is 0. The molecule has 6 nitrogen and oxygen atoms in total. The number of nitro groups is 1. The van der Waals surface area contributed by atoms with E-state index in [1.807, 2.05) is 0 Å². The lowest BCUT2D eigenvalue weighted by atomic mass is 10.00. The zero-order valence-electron chi connectivity index (χ0n) is 9.74. The van der Waals surface area contributed by atoms with Crippen molar-refractivity contribution in [1.29, 1.82) is 0 Å². The minimum atomic E-state index is -1.11. The number of nitro benzene ring substituents is 1. The number of hydrogen-bond donors (Lipinski definition) is 2. The van der Waals surface area contributed by atoms with Gasteiger partial charge in [0.25, 0.3) is 5.69 Å². The number of nitrogens with zero attached hydrogens (tertiary/aromatic N) is 1. The predicted octanol–water partition coefficient (Wildman–Crippen LogP) is 2.54. The number of hydrogen-bond acceptors (Lipinski definition) is 4. The van der Waals surface area contributed by atoms with E-state index in [0.717, 1.165) is 0 Å². The van der Waals surface area contributed by atoms with Gasteiger partial charge in [0.2, 0.25) is 0 Å². The molecule has 0 aliphatic rings. The maximum atomic E-state index is 11.0. The van der Waals surface area contributed by atoms with Crippen LogP contribution in [0.4, 0.5) is 11.4 Å². The Kier molecular flexibility index (Phi) is 3.15. The highest BCUT2D eigenvalue weighted by Gasteiger charge is 2.13. The minimum Gasteiger partial charge on any atom is -0.478 e. The Bertz CT molecular complexity index is 650. The monoisotopic (exact) mass is 258 g/mol. The number of carbonyl (C=O) groups is 1.